The number of sulfone groups is 1. The lowest BCUT2D eigenvalue weighted by atomic mass is 10.0. The molecule has 8 nitrogen and oxygen atoms in total. The molecule has 0 aliphatic carbocycles. The van der Waals surface area contributed by atoms with E-state index in [2.05, 4.69) is 10.4 Å². The molecule has 2 aromatic carbocycles. The summed E-state index contributed by atoms with van der Waals surface area (Å²) in [6.45, 7) is 1.52. The zero-order valence-electron chi connectivity index (χ0n) is 19.6. The van der Waals surface area contributed by atoms with Gasteiger partial charge in [-0.2, -0.15) is 18.3 Å². The number of benzene rings is 2. The van der Waals surface area contributed by atoms with Crippen LogP contribution >= 0.6 is 0 Å². The molecule has 0 bridgehead atoms. The van der Waals surface area contributed by atoms with Crippen LogP contribution in [-0.2, 0) is 16.3 Å². The molecule has 1 aliphatic rings. The van der Waals surface area contributed by atoms with Gasteiger partial charge in [-0.1, -0.05) is 12.1 Å². The summed E-state index contributed by atoms with van der Waals surface area (Å²) >= 11 is 0. The van der Waals surface area contributed by atoms with Crippen LogP contribution in [0.5, 0.6) is 5.75 Å². The van der Waals surface area contributed by atoms with E-state index in [1.54, 1.807) is 0 Å². The Balaban J connectivity index is 1.70. The lowest BCUT2D eigenvalue weighted by molar-refractivity contribution is -0.149. The van der Waals surface area contributed by atoms with E-state index >= 15 is 0 Å². The number of hydrogen-bond donors (Lipinski definition) is 2. The Morgan fingerprint density at radius 3 is 2.43 bits per heavy atom. The molecular formula is C24H22F4N4O4S. The molecule has 2 amide bonds. The van der Waals surface area contributed by atoms with Gasteiger partial charge in [-0.25, -0.2) is 22.3 Å². The maximum absolute atomic E-state index is 14.0. The fourth-order valence-corrected chi connectivity index (χ4v) is 4.98. The summed E-state index contributed by atoms with van der Waals surface area (Å²) in [5, 5.41) is 16.7. The van der Waals surface area contributed by atoms with E-state index in [1.807, 2.05) is 0 Å². The highest BCUT2D eigenvalue weighted by Crippen LogP contribution is 2.39. The number of urea groups is 1. The van der Waals surface area contributed by atoms with Gasteiger partial charge in [0.1, 0.15) is 22.5 Å². The lowest BCUT2D eigenvalue weighted by Crippen LogP contribution is -2.54. The number of alkyl halides is 3. The average Bonchev–Trinajstić information content (AvgIpc) is 3.25. The van der Waals surface area contributed by atoms with Gasteiger partial charge in [0.15, 0.2) is 9.84 Å². The molecule has 13 heteroatoms. The van der Waals surface area contributed by atoms with Crippen LogP contribution in [0.4, 0.5) is 28.0 Å². The molecule has 0 spiro atoms. The number of hydrogen-bond acceptors (Lipinski definition) is 5. The smallest absolute Gasteiger partial charge is 0.409 e. The fourth-order valence-electron chi connectivity index (χ4n) is 4.22. The van der Waals surface area contributed by atoms with E-state index < -0.39 is 46.1 Å². The van der Waals surface area contributed by atoms with E-state index in [0.29, 0.717) is 16.3 Å². The topological polar surface area (TPSA) is 105 Å². The molecule has 0 radical (unpaired) electrons. The summed E-state index contributed by atoms with van der Waals surface area (Å²) in [4.78, 5) is 13.5. The number of aromatic nitrogens is 2. The average molecular weight is 539 g/mol. The third-order valence-electron chi connectivity index (χ3n) is 5.94. The van der Waals surface area contributed by atoms with Crippen molar-refractivity contribution in [3.05, 3.63) is 71.8 Å². The number of phenolic OH excluding ortho intramolecular Hbond substituents is 1. The maximum atomic E-state index is 14.0. The Morgan fingerprint density at radius 1 is 1.19 bits per heavy atom. The van der Waals surface area contributed by atoms with Crippen LogP contribution in [0.3, 0.4) is 0 Å². The van der Waals surface area contributed by atoms with Crippen molar-refractivity contribution < 1.29 is 35.9 Å². The summed E-state index contributed by atoms with van der Waals surface area (Å²) in [5.74, 6) is -1.06. The van der Waals surface area contributed by atoms with Crippen molar-refractivity contribution in [2.24, 2.45) is 0 Å². The van der Waals surface area contributed by atoms with Crippen LogP contribution in [0.1, 0.15) is 24.6 Å². The monoisotopic (exact) mass is 538 g/mol. The van der Waals surface area contributed by atoms with Gasteiger partial charge in [0.2, 0.25) is 0 Å². The molecule has 196 valence electrons. The van der Waals surface area contributed by atoms with Crippen molar-refractivity contribution >= 4 is 27.3 Å². The maximum Gasteiger partial charge on any atom is 0.409 e. The van der Waals surface area contributed by atoms with E-state index in [1.165, 1.54) is 48.0 Å². The molecule has 1 aromatic heterocycles. The predicted octanol–water partition coefficient (Wildman–Crippen LogP) is 4.57. The number of amides is 2. The van der Waals surface area contributed by atoms with Gasteiger partial charge in [0.05, 0.1) is 23.3 Å². The van der Waals surface area contributed by atoms with Gasteiger partial charge >= 0.3 is 12.2 Å². The second kappa shape index (κ2) is 9.54. The minimum Gasteiger partial charge on any atom is -0.507 e. The second-order valence-electron chi connectivity index (χ2n) is 8.42. The van der Waals surface area contributed by atoms with Crippen LogP contribution in [-0.4, -0.2) is 47.8 Å². The number of carbonyl (C=O) groups is 1. The summed E-state index contributed by atoms with van der Waals surface area (Å²) in [5.41, 5.74) is 0.951. The third kappa shape index (κ3) is 5.17. The van der Waals surface area contributed by atoms with Crippen LogP contribution in [0.25, 0.3) is 11.4 Å². The SMILES string of the molecule is C/C=C(/NC(=O)N1c2cnn(-c3ccc(F)cc3)c2CCC1C(F)(F)F)c1ccc(S(C)(=O)=O)c(O)c1. The summed E-state index contributed by atoms with van der Waals surface area (Å²) < 4.78 is 80.2. The number of allylic oxidation sites excluding steroid dienone is 1. The van der Waals surface area contributed by atoms with Gasteiger partial charge in [-0.3, -0.25) is 4.90 Å². The normalized spacial score (nSPS) is 16.4. The van der Waals surface area contributed by atoms with Gasteiger partial charge in [-0.15, -0.1) is 0 Å². The van der Waals surface area contributed by atoms with Gasteiger partial charge < -0.3 is 10.4 Å². The zero-order chi connectivity index (χ0) is 27.1. The van der Waals surface area contributed by atoms with E-state index in [0.717, 1.165) is 24.6 Å². The molecule has 0 saturated carbocycles. The lowest BCUT2D eigenvalue weighted by Gasteiger charge is -2.36. The Labute approximate surface area is 209 Å². The molecule has 4 rings (SSSR count). The molecule has 1 atom stereocenters. The van der Waals surface area contributed by atoms with Gasteiger partial charge in [0.25, 0.3) is 0 Å². The Kier molecular flexibility index (Phi) is 6.76. The fraction of sp³-hybridized carbons (Fsp3) is 0.250. The molecule has 3 aromatic rings. The number of aromatic hydroxyl groups is 1. The summed E-state index contributed by atoms with van der Waals surface area (Å²) in [6, 6.07) is 5.56. The van der Waals surface area contributed by atoms with Crippen molar-refractivity contribution in [3.8, 4) is 11.4 Å². The van der Waals surface area contributed by atoms with Crippen LogP contribution < -0.4 is 10.2 Å². The minimum atomic E-state index is -4.74. The first-order chi connectivity index (χ1) is 17.3. The molecule has 2 N–H and O–H groups in total. The molecule has 0 saturated heterocycles. The number of nitrogens with zero attached hydrogens (tertiary/aromatic N) is 3. The first-order valence-corrected chi connectivity index (χ1v) is 12.9. The van der Waals surface area contributed by atoms with Gasteiger partial charge in [0, 0.05) is 17.5 Å². The van der Waals surface area contributed by atoms with Crippen LogP contribution in [0.2, 0.25) is 0 Å². The molecule has 1 aliphatic heterocycles. The molecule has 0 fully saturated rings. The largest absolute Gasteiger partial charge is 0.507 e. The van der Waals surface area contributed by atoms with E-state index in [9.17, 15) is 35.9 Å². The van der Waals surface area contributed by atoms with Crippen molar-refractivity contribution in [1.29, 1.82) is 0 Å². The first kappa shape index (κ1) is 26.2. The Bertz CT molecular complexity index is 1480. The third-order valence-corrected chi connectivity index (χ3v) is 7.08. The summed E-state index contributed by atoms with van der Waals surface area (Å²) in [6.07, 6.45) is -1.72. The quantitative estimate of drug-likeness (QED) is 0.474. The molecule has 37 heavy (non-hydrogen) atoms. The van der Waals surface area contributed by atoms with Gasteiger partial charge in [-0.05, 0) is 56.2 Å². The summed E-state index contributed by atoms with van der Waals surface area (Å²) in [7, 11) is -3.72. The Hall–Kier alpha value is -3.87. The highest BCUT2D eigenvalue weighted by Gasteiger charge is 2.49. The van der Waals surface area contributed by atoms with Crippen molar-refractivity contribution in [2.45, 2.75) is 36.9 Å². The first-order valence-electron chi connectivity index (χ1n) is 11.0. The highest BCUT2D eigenvalue weighted by atomic mass is 32.2. The van der Waals surface area contributed by atoms with Crippen molar-refractivity contribution in [2.75, 3.05) is 11.2 Å². The highest BCUT2D eigenvalue weighted by molar-refractivity contribution is 7.90. The van der Waals surface area contributed by atoms with E-state index in [4.69, 9.17) is 0 Å². The van der Waals surface area contributed by atoms with Crippen molar-refractivity contribution in [3.63, 3.8) is 0 Å². The number of rotatable bonds is 4. The number of anilines is 1. The zero-order valence-corrected chi connectivity index (χ0v) is 20.4. The molecule has 2 heterocycles. The molecule has 1 unspecified atom stereocenters. The van der Waals surface area contributed by atoms with Crippen molar-refractivity contribution in [1.82, 2.24) is 15.1 Å². The Morgan fingerprint density at radius 2 is 1.86 bits per heavy atom. The second-order valence-corrected chi connectivity index (χ2v) is 10.4. The van der Waals surface area contributed by atoms with E-state index in [-0.39, 0.29) is 28.3 Å². The van der Waals surface area contributed by atoms with Crippen LogP contribution in [0, 0.1) is 5.82 Å². The standard InChI is InChI=1S/C24H22F4N4O4S/c1-3-17(14-4-10-21(20(33)12-14)37(2,35)36)30-23(34)31-19-13-29-32(16-7-5-15(25)6-8-16)18(19)9-11-22(31)24(26,27)28/h3-8,10,12-13,22,33H,9,11H2,1-2H3,(H,30,34)/b17-3+. The number of nitrogens with one attached hydrogen (secondary N) is 1. The number of halogens is 4. The minimum absolute atomic E-state index is 0.0298. The number of carbonyl (C=O) groups excluding carboxylic acids is 1. The number of phenols is 1. The van der Waals surface area contributed by atoms with Crippen LogP contribution in [0.15, 0.2) is 59.6 Å². The number of fused-ring (bicyclic) bond motifs is 1. The predicted molar refractivity (Wildman–Crippen MR) is 128 cm³/mol. The molecular weight excluding hydrogens is 516 g/mol.